The van der Waals surface area contributed by atoms with Crippen LogP contribution in [0.1, 0.15) is 50.9 Å². The second-order valence-electron chi connectivity index (χ2n) is 9.23. The first-order valence-corrected chi connectivity index (χ1v) is 11.9. The van der Waals surface area contributed by atoms with E-state index in [9.17, 15) is 26.7 Å². The number of amides is 1. The van der Waals surface area contributed by atoms with E-state index in [4.69, 9.17) is 0 Å². The summed E-state index contributed by atoms with van der Waals surface area (Å²) < 4.78 is 69.3. The number of alkyl halides is 5. The van der Waals surface area contributed by atoms with Gasteiger partial charge in [0.1, 0.15) is 5.54 Å². The Morgan fingerprint density at radius 2 is 1.39 bits per heavy atom. The zero-order valence-corrected chi connectivity index (χ0v) is 20.7. The number of carbonyl (C=O) groups excluding carboxylic acids is 1. The van der Waals surface area contributed by atoms with E-state index in [1.54, 1.807) is 55.5 Å². The number of nitrogens with zero attached hydrogens (tertiary/aromatic N) is 1. The maximum Gasteiger partial charge on any atom is 0.416 e. The smallest absolute Gasteiger partial charge is 0.337 e. The highest BCUT2D eigenvalue weighted by molar-refractivity contribution is 5.95. The Hall–Kier alpha value is -4.07. The number of hydrogen-bond acceptors (Lipinski definition) is 2. The minimum Gasteiger partial charge on any atom is -0.337 e. The van der Waals surface area contributed by atoms with Crippen molar-refractivity contribution in [1.29, 1.82) is 0 Å². The minimum absolute atomic E-state index is 0.0545. The van der Waals surface area contributed by atoms with Crippen LogP contribution in [-0.2, 0) is 24.1 Å². The lowest BCUT2D eigenvalue weighted by Gasteiger charge is -2.36. The van der Waals surface area contributed by atoms with Crippen molar-refractivity contribution in [3.63, 3.8) is 0 Å². The predicted molar refractivity (Wildman–Crippen MR) is 135 cm³/mol. The molecule has 0 saturated heterocycles. The Morgan fingerprint density at radius 3 is 2.05 bits per heavy atom. The van der Waals surface area contributed by atoms with Gasteiger partial charge in [-0.1, -0.05) is 60.7 Å². The number of nitrogens with one attached hydrogen (secondary N) is 1. The number of benzene rings is 3. The van der Waals surface area contributed by atoms with Crippen molar-refractivity contribution in [3.8, 4) is 0 Å². The molecule has 4 aromatic rings. The Kier molecular flexibility index (Phi) is 7.35. The van der Waals surface area contributed by atoms with Crippen molar-refractivity contribution < 1.29 is 26.7 Å². The van der Waals surface area contributed by atoms with Crippen LogP contribution in [0.25, 0.3) is 0 Å². The monoisotopic (exact) mass is 524 g/mol. The second kappa shape index (κ2) is 10.4. The van der Waals surface area contributed by atoms with E-state index in [2.05, 4.69) is 10.3 Å². The molecule has 0 bridgehead atoms. The molecule has 0 saturated carbocycles. The summed E-state index contributed by atoms with van der Waals surface area (Å²) in [7, 11) is 0. The fraction of sp³-hybridized carbons (Fsp3) is 0.200. The molecule has 1 unspecified atom stereocenters. The summed E-state index contributed by atoms with van der Waals surface area (Å²) in [5, 5.41) is 2.90. The first-order valence-electron chi connectivity index (χ1n) is 11.9. The molecule has 3 nitrogen and oxygen atoms in total. The van der Waals surface area contributed by atoms with E-state index in [0.717, 1.165) is 30.7 Å². The zero-order chi connectivity index (χ0) is 27.6. The van der Waals surface area contributed by atoms with Crippen LogP contribution >= 0.6 is 0 Å². The average Bonchev–Trinajstić information content (AvgIpc) is 2.88. The molecule has 0 radical (unpaired) electrons. The third-order valence-electron chi connectivity index (χ3n) is 6.28. The highest BCUT2D eigenvalue weighted by Crippen LogP contribution is 2.37. The molecule has 38 heavy (non-hydrogen) atoms. The van der Waals surface area contributed by atoms with Crippen molar-refractivity contribution in [2.75, 3.05) is 0 Å². The SMILES string of the molecule is Cc1cccc(C(Cc2ccccc2)(NC(=O)c2cccc(C(C)(F)F)c2)c2cccc(C(F)(F)F)c2)n1. The summed E-state index contributed by atoms with van der Waals surface area (Å²) in [6.45, 7) is 2.46. The normalized spacial score (nSPS) is 13.6. The lowest BCUT2D eigenvalue weighted by atomic mass is 9.79. The first kappa shape index (κ1) is 27.0. The third kappa shape index (κ3) is 5.90. The van der Waals surface area contributed by atoms with Gasteiger partial charge in [-0.25, -0.2) is 8.78 Å². The van der Waals surface area contributed by atoms with Crippen LogP contribution in [0.4, 0.5) is 22.0 Å². The van der Waals surface area contributed by atoms with Gasteiger partial charge in [0.25, 0.3) is 11.8 Å². The number of pyridine rings is 1. The largest absolute Gasteiger partial charge is 0.416 e. The molecule has 0 aliphatic rings. The summed E-state index contributed by atoms with van der Waals surface area (Å²) in [5.74, 6) is -3.91. The lowest BCUT2D eigenvalue weighted by Crippen LogP contribution is -2.49. The molecule has 0 aliphatic heterocycles. The van der Waals surface area contributed by atoms with Crippen LogP contribution in [0.3, 0.4) is 0 Å². The van der Waals surface area contributed by atoms with E-state index < -0.39 is 29.1 Å². The minimum atomic E-state index is -4.63. The molecular weight excluding hydrogens is 499 g/mol. The number of rotatable bonds is 7. The van der Waals surface area contributed by atoms with Gasteiger partial charge in [0.2, 0.25) is 0 Å². The van der Waals surface area contributed by atoms with Gasteiger partial charge in [-0.15, -0.1) is 0 Å². The Balaban J connectivity index is 1.94. The van der Waals surface area contributed by atoms with Crippen molar-refractivity contribution in [2.45, 2.75) is 37.9 Å². The zero-order valence-electron chi connectivity index (χ0n) is 20.7. The topological polar surface area (TPSA) is 42.0 Å². The van der Waals surface area contributed by atoms with Crippen LogP contribution in [0.2, 0.25) is 0 Å². The molecule has 4 rings (SSSR count). The number of aryl methyl sites for hydroxylation is 1. The van der Waals surface area contributed by atoms with E-state index in [1.807, 2.05) is 0 Å². The summed E-state index contributed by atoms with van der Waals surface area (Å²) >= 11 is 0. The first-order chi connectivity index (χ1) is 17.9. The van der Waals surface area contributed by atoms with Crippen LogP contribution in [0.5, 0.6) is 0 Å². The molecule has 1 atom stereocenters. The van der Waals surface area contributed by atoms with Crippen LogP contribution in [0.15, 0.2) is 97.1 Å². The highest BCUT2D eigenvalue weighted by Gasteiger charge is 2.40. The molecule has 0 fully saturated rings. The molecule has 1 aromatic heterocycles. The van der Waals surface area contributed by atoms with E-state index >= 15 is 0 Å². The molecule has 196 valence electrons. The number of carbonyl (C=O) groups is 1. The summed E-state index contributed by atoms with van der Waals surface area (Å²) in [5.41, 5.74) is -1.08. The molecule has 0 spiro atoms. The average molecular weight is 525 g/mol. The van der Waals surface area contributed by atoms with Crippen LogP contribution in [0, 0.1) is 6.92 Å². The van der Waals surface area contributed by atoms with Gasteiger partial charge in [0.15, 0.2) is 0 Å². The predicted octanol–water partition coefficient (Wildman–Crippen LogP) is 7.44. The van der Waals surface area contributed by atoms with Crippen molar-refractivity contribution in [3.05, 3.63) is 136 Å². The van der Waals surface area contributed by atoms with Crippen molar-refractivity contribution in [2.24, 2.45) is 0 Å². The summed E-state index contributed by atoms with van der Waals surface area (Å²) in [6.07, 6.45) is -4.57. The van der Waals surface area contributed by atoms with Gasteiger partial charge < -0.3 is 5.32 Å². The Labute approximate surface area is 217 Å². The van der Waals surface area contributed by atoms with Gasteiger partial charge in [0, 0.05) is 30.2 Å². The molecule has 1 heterocycles. The number of halogens is 5. The highest BCUT2D eigenvalue weighted by atomic mass is 19.4. The van der Waals surface area contributed by atoms with Gasteiger partial charge in [-0.2, -0.15) is 13.2 Å². The number of aromatic nitrogens is 1. The van der Waals surface area contributed by atoms with E-state index in [1.165, 1.54) is 30.3 Å². The number of hydrogen-bond donors (Lipinski definition) is 1. The molecule has 0 aliphatic carbocycles. The van der Waals surface area contributed by atoms with Crippen LogP contribution in [-0.4, -0.2) is 10.9 Å². The van der Waals surface area contributed by atoms with E-state index in [-0.39, 0.29) is 23.1 Å². The summed E-state index contributed by atoms with van der Waals surface area (Å²) in [4.78, 5) is 18.2. The summed E-state index contributed by atoms with van der Waals surface area (Å²) in [6, 6.07) is 23.8. The van der Waals surface area contributed by atoms with Gasteiger partial charge in [-0.3, -0.25) is 9.78 Å². The third-order valence-corrected chi connectivity index (χ3v) is 6.28. The standard InChI is InChI=1S/C30H25F5N2O/c1-20-9-6-16-26(36-20)29(19-21-10-4-3-5-11-21,24-14-8-15-25(18-24)30(33,34)35)37-27(38)22-12-7-13-23(17-22)28(2,31)32/h3-18H,19H2,1-2H3,(H,37,38). The Bertz CT molecular complexity index is 1430. The fourth-order valence-electron chi connectivity index (χ4n) is 4.36. The Morgan fingerprint density at radius 1 is 0.763 bits per heavy atom. The van der Waals surface area contributed by atoms with Gasteiger partial charge in [0.05, 0.1) is 11.3 Å². The maximum absolute atomic E-state index is 14.0. The quantitative estimate of drug-likeness (QED) is 0.255. The molecular formula is C30H25F5N2O. The van der Waals surface area contributed by atoms with Crippen molar-refractivity contribution in [1.82, 2.24) is 10.3 Å². The van der Waals surface area contributed by atoms with Gasteiger partial charge in [-0.05, 0) is 54.4 Å². The molecule has 1 N–H and O–H groups in total. The molecule has 8 heteroatoms. The molecule has 1 amide bonds. The molecule has 3 aromatic carbocycles. The van der Waals surface area contributed by atoms with Crippen LogP contribution < -0.4 is 5.32 Å². The lowest BCUT2D eigenvalue weighted by molar-refractivity contribution is -0.137. The van der Waals surface area contributed by atoms with E-state index in [0.29, 0.717) is 11.4 Å². The van der Waals surface area contributed by atoms with Gasteiger partial charge >= 0.3 is 6.18 Å². The maximum atomic E-state index is 14.0. The van der Waals surface area contributed by atoms with Crippen molar-refractivity contribution >= 4 is 5.91 Å². The second-order valence-corrected chi connectivity index (χ2v) is 9.23. The fourth-order valence-corrected chi connectivity index (χ4v) is 4.36.